The second kappa shape index (κ2) is 6.51. The molecule has 1 aromatic carbocycles. The molecular formula is C13H21NO2. The summed E-state index contributed by atoms with van der Waals surface area (Å²) in [6, 6.07) is 6.17. The third-order valence-electron chi connectivity index (χ3n) is 2.59. The molecule has 16 heavy (non-hydrogen) atoms. The van der Waals surface area contributed by atoms with Crippen molar-refractivity contribution in [2.45, 2.75) is 20.4 Å². The first-order valence-electron chi connectivity index (χ1n) is 5.62. The zero-order valence-corrected chi connectivity index (χ0v) is 10.3. The number of rotatable bonds is 6. The molecule has 0 radical (unpaired) electrons. The highest BCUT2D eigenvalue weighted by molar-refractivity contribution is 5.36. The van der Waals surface area contributed by atoms with E-state index in [2.05, 4.69) is 17.4 Å². The van der Waals surface area contributed by atoms with Gasteiger partial charge in [0, 0.05) is 19.7 Å². The van der Waals surface area contributed by atoms with Gasteiger partial charge in [0.25, 0.3) is 0 Å². The van der Waals surface area contributed by atoms with Gasteiger partial charge in [0.1, 0.15) is 5.75 Å². The van der Waals surface area contributed by atoms with Gasteiger partial charge in [-0.3, -0.25) is 0 Å². The third-order valence-corrected chi connectivity index (χ3v) is 2.59. The van der Waals surface area contributed by atoms with Gasteiger partial charge in [-0.1, -0.05) is 19.1 Å². The number of hydrogen-bond donors (Lipinski definition) is 2. The SMILES string of the molecule is COc1ccc(CNCC(C)CO)cc1C. The predicted octanol–water partition coefficient (Wildman–Crippen LogP) is 1.72. The second-order valence-electron chi connectivity index (χ2n) is 4.22. The summed E-state index contributed by atoms with van der Waals surface area (Å²) in [5.74, 6) is 1.23. The molecule has 1 atom stereocenters. The number of benzene rings is 1. The molecule has 0 amide bonds. The van der Waals surface area contributed by atoms with Crippen LogP contribution in [0.1, 0.15) is 18.1 Å². The van der Waals surface area contributed by atoms with E-state index in [9.17, 15) is 0 Å². The summed E-state index contributed by atoms with van der Waals surface area (Å²) in [5.41, 5.74) is 2.39. The van der Waals surface area contributed by atoms with Crippen LogP contribution in [0.2, 0.25) is 0 Å². The fourth-order valence-corrected chi connectivity index (χ4v) is 1.58. The Bertz CT molecular complexity index is 326. The summed E-state index contributed by atoms with van der Waals surface area (Å²) in [6.07, 6.45) is 0. The molecule has 0 fully saturated rings. The van der Waals surface area contributed by atoms with Gasteiger partial charge in [-0.15, -0.1) is 0 Å². The lowest BCUT2D eigenvalue weighted by molar-refractivity contribution is 0.233. The molecule has 0 heterocycles. The molecule has 0 bridgehead atoms. The molecule has 1 aromatic rings. The average molecular weight is 223 g/mol. The maximum absolute atomic E-state index is 8.89. The first-order valence-corrected chi connectivity index (χ1v) is 5.62. The Kier molecular flexibility index (Phi) is 5.29. The fourth-order valence-electron chi connectivity index (χ4n) is 1.58. The lowest BCUT2D eigenvalue weighted by Crippen LogP contribution is -2.22. The van der Waals surface area contributed by atoms with E-state index in [0.29, 0.717) is 5.92 Å². The first kappa shape index (κ1) is 13.0. The number of aryl methyl sites for hydroxylation is 1. The molecule has 3 nitrogen and oxygen atoms in total. The summed E-state index contributed by atoms with van der Waals surface area (Å²) in [7, 11) is 1.68. The molecule has 0 aliphatic heterocycles. The first-order chi connectivity index (χ1) is 7.67. The highest BCUT2D eigenvalue weighted by atomic mass is 16.5. The standard InChI is InChI=1S/C13H21NO2/c1-10(9-15)7-14-8-12-4-5-13(16-3)11(2)6-12/h4-6,10,14-15H,7-9H2,1-3H3. The molecule has 2 N–H and O–H groups in total. The van der Waals surface area contributed by atoms with Gasteiger partial charge in [0.05, 0.1) is 7.11 Å². The number of aliphatic hydroxyl groups is 1. The highest BCUT2D eigenvalue weighted by Gasteiger charge is 2.01. The summed E-state index contributed by atoms with van der Waals surface area (Å²) < 4.78 is 5.21. The predicted molar refractivity (Wildman–Crippen MR) is 65.7 cm³/mol. The zero-order valence-electron chi connectivity index (χ0n) is 10.3. The van der Waals surface area contributed by atoms with Crippen molar-refractivity contribution in [1.29, 1.82) is 0 Å². The molecule has 90 valence electrons. The topological polar surface area (TPSA) is 41.5 Å². The van der Waals surface area contributed by atoms with Crippen LogP contribution >= 0.6 is 0 Å². The number of hydrogen-bond acceptors (Lipinski definition) is 3. The van der Waals surface area contributed by atoms with Crippen LogP contribution in [-0.2, 0) is 6.54 Å². The van der Waals surface area contributed by atoms with E-state index in [-0.39, 0.29) is 6.61 Å². The highest BCUT2D eigenvalue weighted by Crippen LogP contribution is 2.18. The van der Waals surface area contributed by atoms with E-state index in [0.717, 1.165) is 24.4 Å². The number of nitrogens with one attached hydrogen (secondary N) is 1. The molecule has 0 aliphatic rings. The Morgan fingerprint density at radius 3 is 2.75 bits per heavy atom. The maximum atomic E-state index is 8.89. The number of ether oxygens (including phenoxy) is 1. The molecule has 1 unspecified atom stereocenters. The second-order valence-corrected chi connectivity index (χ2v) is 4.22. The Morgan fingerprint density at radius 1 is 1.44 bits per heavy atom. The molecule has 0 aromatic heterocycles. The molecule has 3 heteroatoms. The molecule has 0 saturated heterocycles. The molecule has 0 spiro atoms. The van der Waals surface area contributed by atoms with Gasteiger partial charge in [-0.25, -0.2) is 0 Å². The zero-order chi connectivity index (χ0) is 12.0. The van der Waals surface area contributed by atoms with Crippen LogP contribution in [0.3, 0.4) is 0 Å². The van der Waals surface area contributed by atoms with Gasteiger partial charge >= 0.3 is 0 Å². The van der Waals surface area contributed by atoms with Crippen LogP contribution in [0.4, 0.5) is 0 Å². The van der Waals surface area contributed by atoms with Crippen molar-refractivity contribution in [3.8, 4) is 5.75 Å². The smallest absolute Gasteiger partial charge is 0.121 e. The average Bonchev–Trinajstić information content (AvgIpc) is 2.29. The quantitative estimate of drug-likeness (QED) is 0.771. The van der Waals surface area contributed by atoms with E-state index in [1.165, 1.54) is 5.56 Å². The van der Waals surface area contributed by atoms with Gasteiger partial charge in [-0.05, 0) is 30.0 Å². The third kappa shape index (κ3) is 3.83. The summed E-state index contributed by atoms with van der Waals surface area (Å²) in [5, 5.41) is 12.2. The minimum atomic E-state index is 0.231. The van der Waals surface area contributed by atoms with Crippen LogP contribution in [0.5, 0.6) is 5.75 Å². The fraction of sp³-hybridized carbons (Fsp3) is 0.538. The van der Waals surface area contributed by atoms with Gasteiger partial charge in [-0.2, -0.15) is 0 Å². The lowest BCUT2D eigenvalue weighted by Gasteiger charge is -2.11. The van der Waals surface area contributed by atoms with Crippen molar-refractivity contribution in [2.24, 2.45) is 5.92 Å². The van der Waals surface area contributed by atoms with Crippen LogP contribution in [-0.4, -0.2) is 25.4 Å². The van der Waals surface area contributed by atoms with Crippen LogP contribution in [0.25, 0.3) is 0 Å². The van der Waals surface area contributed by atoms with Gasteiger partial charge < -0.3 is 15.2 Å². The molecule has 1 rings (SSSR count). The minimum Gasteiger partial charge on any atom is -0.496 e. The Hall–Kier alpha value is -1.06. The van der Waals surface area contributed by atoms with Crippen molar-refractivity contribution in [1.82, 2.24) is 5.32 Å². The normalized spacial score (nSPS) is 12.5. The van der Waals surface area contributed by atoms with E-state index < -0.39 is 0 Å². The minimum absolute atomic E-state index is 0.231. The summed E-state index contributed by atoms with van der Waals surface area (Å²) >= 11 is 0. The van der Waals surface area contributed by atoms with Crippen molar-refractivity contribution >= 4 is 0 Å². The van der Waals surface area contributed by atoms with Crippen LogP contribution < -0.4 is 10.1 Å². The number of aliphatic hydroxyl groups excluding tert-OH is 1. The van der Waals surface area contributed by atoms with E-state index in [1.807, 2.05) is 19.9 Å². The maximum Gasteiger partial charge on any atom is 0.121 e. The van der Waals surface area contributed by atoms with Crippen molar-refractivity contribution in [2.75, 3.05) is 20.3 Å². The molecular weight excluding hydrogens is 202 g/mol. The van der Waals surface area contributed by atoms with E-state index in [1.54, 1.807) is 7.11 Å². The summed E-state index contributed by atoms with van der Waals surface area (Å²) in [6.45, 7) is 5.95. The van der Waals surface area contributed by atoms with E-state index >= 15 is 0 Å². The Balaban J connectivity index is 2.46. The van der Waals surface area contributed by atoms with Crippen molar-refractivity contribution in [3.63, 3.8) is 0 Å². The van der Waals surface area contributed by atoms with Crippen LogP contribution in [0, 0.1) is 12.8 Å². The van der Waals surface area contributed by atoms with Gasteiger partial charge in [0.2, 0.25) is 0 Å². The Labute approximate surface area is 97.4 Å². The van der Waals surface area contributed by atoms with Crippen molar-refractivity contribution in [3.05, 3.63) is 29.3 Å². The molecule has 0 saturated carbocycles. The largest absolute Gasteiger partial charge is 0.496 e. The Morgan fingerprint density at radius 2 is 2.19 bits per heavy atom. The summed E-state index contributed by atoms with van der Waals surface area (Å²) in [4.78, 5) is 0. The molecule has 0 aliphatic carbocycles. The lowest BCUT2D eigenvalue weighted by atomic mass is 10.1. The number of methoxy groups -OCH3 is 1. The van der Waals surface area contributed by atoms with Crippen molar-refractivity contribution < 1.29 is 9.84 Å². The van der Waals surface area contributed by atoms with E-state index in [4.69, 9.17) is 9.84 Å². The monoisotopic (exact) mass is 223 g/mol. The van der Waals surface area contributed by atoms with Gasteiger partial charge in [0.15, 0.2) is 0 Å². The van der Waals surface area contributed by atoms with Crippen LogP contribution in [0.15, 0.2) is 18.2 Å².